The molecule has 26 nitrogen and oxygen atoms in total. The Kier molecular flexibility index (Phi) is 27.3. The molecular formula is C40H64N10O16S3. The molecule has 1 aromatic carbocycles. The molecule has 0 saturated carbocycles. The summed E-state index contributed by atoms with van der Waals surface area (Å²) in [6.45, 7) is 4.15. The molecule has 0 radical (unpaired) electrons. The summed E-state index contributed by atoms with van der Waals surface area (Å²) in [5.41, 5.74) is 5.77. The standard InChI is InChI=1S/C40H64N10O16S3/c1-20(2)31(50-40(67)44-23-9-11-24(12-10-23)69(64,65)66)38(61)43-22(4)33(56)49-29(19-52)37(60)46-26(15-17-68-5)34(57)42-21(3)32(55)48-28(18-51)36(59)45-25(13-14-30(53)54)35(58)47-27(39(62)63)8-6-7-16-41/h9-12,20-22,25-29,31,51-52H,6-8,13-19,41H2,1-5H3,(H,42,57)(H,43,61)(H,45,59)(H,46,60)(H,47,58)(H,48,55)(H,49,56)(H,53,54)(H,62,63)(H2,44,50,67)(H,64,65,66)/t21-,22-,25-,26-,27-,28-,29-,31-/m0/s1/i9+1,10+1,11+1,12+1,23+1,24+1. The Balaban J connectivity index is 2.98. The molecule has 29 heteroatoms. The van der Waals surface area contributed by atoms with Gasteiger partial charge < -0.3 is 74.0 Å². The molecule has 1 aromatic rings. The zero-order valence-corrected chi connectivity index (χ0v) is 41.1. The van der Waals surface area contributed by atoms with E-state index in [1.54, 1.807) is 20.1 Å². The minimum absolute atomic E-state index is 0.0138. The second-order valence-electron chi connectivity index (χ2n) is 15.8. The van der Waals surface area contributed by atoms with Crippen LogP contribution in [-0.2, 0) is 53.3 Å². The van der Waals surface area contributed by atoms with Gasteiger partial charge in [-0.2, -0.15) is 20.2 Å². The molecule has 0 saturated heterocycles. The zero-order chi connectivity index (χ0) is 52.6. The van der Waals surface area contributed by atoms with Gasteiger partial charge in [0.15, 0.2) is 5.11 Å². The van der Waals surface area contributed by atoms with Crippen LogP contribution in [0.2, 0.25) is 0 Å². The largest absolute Gasteiger partial charge is 0.481 e. The number of rotatable bonds is 31. The van der Waals surface area contributed by atoms with Crippen LogP contribution in [0.4, 0.5) is 5.69 Å². The highest BCUT2D eigenvalue weighted by molar-refractivity contribution is 7.98. The Morgan fingerprint density at radius 1 is 0.623 bits per heavy atom. The number of thioether (sulfide) groups is 1. The van der Waals surface area contributed by atoms with Crippen molar-refractivity contribution in [1.29, 1.82) is 0 Å². The first-order chi connectivity index (χ1) is 32.3. The van der Waals surface area contributed by atoms with Crippen molar-refractivity contribution in [1.82, 2.24) is 42.5 Å². The highest BCUT2D eigenvalue weighted by Gasteiger charge is 2.33. The molecule has 7 amide bonds. The maximum absolute atomic E-state index is 13.4. The van der Waals surface area contributed by atoms with Crippen LogP contribution in [-0.4, -0.2) is 172 Å². The van der Waals surface area contributed by atoms with E-state index in [1.807, 2.05) is 0 Å². The first kappa shape index (κ1) is 61.3. The average molecular weight is 1040 g/mol. The molecule has 0 unspecified atom stereocenters. The van der Waals surface area contributed by atoms with E-state index in [-0.39, 0.29) is 29.4 Å². The molecule has 0 heterocycles. The number of thiocarbonyl (C=S) groups is 1. The number of anilines is 1. The Labute approximate surface area is 408 Å². The lowest BCUT2D eigenvalue weighted by molar-refractivity contribution is -0.143. The number of aliphatic carboxylic acids is 2. The predicted octanol–water partition coefficient (Wildman–Crippen LogP) is -3.51. The molecule has 0 aliphatic carbocycles. The van der Waals surface area contributed by atoms with Gasteiger partial charge in [0.25, 0.3) is 10.1 Å². The molecule has 8 atom stereocenters. The minimum atomic E-state index is -4.43. The van der Waals surface area contributed by atoms with Crippen molar-refractivity contribution >= 4 is 98.2 Å². The van der Waals surface area contributed by atoms with Crippen molar-refractivity contribution in [2.75, 3.05) is 37.1 Å². The second-order valence-corrected chi connectivity index (χ2v) is 18.6. The number of nitrogens with one attached hydrogen (secondary N) is 9. The smallest absolute Gasteiger partial charge is 0.326 e. The maximum Gasteiger partial charge on any atom is 0.326 e. The lowest BCUT2D eigenvalue weighted by Crippen LogP contribution is -2.60. The van der Waals surface area contributed by atoms with Crippen molar-refractivity contribution in [3.8, 4) is 0 Å². The molecule has 1 rings (SSSR count). The molecule has 0 aliphatic rings. The SMILES string of the molecule is CSCC[C@H](NC(=O)[C@H](CO)NC(=O)[C@H](C)NC(=O)[C@@H](NC(=S)N[13c]1[13cH][13cH][13c](S(=O)(=O)O)[13cH][13cH]1)C(C)C)C(=O)N[C@@H](C)C(=O)N[C@@H](CO)C(=O)N[C@@H](CCC(=O)O)C(=O)N[C@@H](CCCCN)C(=O)O. The number of carboxylic acid groups (broad SMARTS) is 2. The number of unbranched alkanes of at least 4 members (excludes halogenated alkanes) is 1. The number of aliphatic hydroxyl groups excluding tert-OH is 2. The highest BCUT2D eigenvalue weighted by Crippen LogP contribution is 2.14. The van der Waals surface area contributed by atoms with Crippen molar-refractivity contribution in [2.45, 2.75) is 119 Å². The quantitative estimate of drug-likeness (QED) is 0.0195. The van der Waals surface area contributed by atoms with Gasteiger partial charge in [-0.25, -0.2) is 4.79 Å². The van der Waals surface area contributed by atoms with Crippen LogP contribution in [0.1, 0.15) is 66.2 Å². The van der Waals surface area contributed by atoms with Gasteiger partial charge in [0.1, 0.15) is 48.3 Å². The highest BCUT2D eigenvalue weighted by atomic mass is 32.2. The van der Waals surface area contributed by atoms with Gasteiger partial charge in [-0.1, -0.05) is 13.8 Å². The lowest BCUT2D eigenvalue weighted by atomic mass is 10.0. The molecule has 388 valence electrons. The van der Waals surface area contributed by atoms with Crippen LogP contribution < -0.4 is 53.6 Å². The summed E-state index contributed by atoms with van der Waals surface area (Å²) in [6.07, 6.45) is 1.36. The fraction of sp³-hybridized carbons (Fsp3) is 0.600. The van der Waals surface area contributed by atoms with E-state index in [0.29, 0.717) is 24.3 Å². The summed E-state index contributed by atoms with van der Waals surface area (Å²) in [5.74, 6) is -9.57. The normalized spacial score (nSPS) is 14.7. The molecule has 0 spiro atoms. The molecule has 69 heavy (non-hydrogen) atoms. The predicted molar refractivity (Wildman–Crippen MR) is 254 cm³/mol. The van der Waals surface area contributed by atoms with Crippen LogP contribution in [0.25, 0.3) is 0 Å². The monoisotopic (exact) mass is 1040 g/mol. The van der Waals surface area contributed by atoms with Gasteiger partial charge in [-0.3, -0.25) is 42.9 Å². The van der Waals surface area contributed by atoms with E-state index in [4.69, 9.17) is 18.0 Å². The molecule has 0 bridgehead atoms. The number of carbonyl (C=O) groups excluding carboxylic acids is 7. The third-order valence-corrected chi connectivity index (χ3v) is 11.6. The number of hydrogen-bond donors (Lipinski definition) is 15. The van der Waals surface area contributed by atoms with Crippen molar-refractivity contribution < 1.29 is 76.5 Å². The Hall–Kier alpha value is -5.72. The van der Waals surface area contributed by atoms with E-state index in [9.17, 15) is 76.5 Å². The minimum Gasteiger partial charge on any atom is -0.481 e. The van der Waals surface area contributed by atoms with E-state index in [2.05, 4.69) is 47.9 Å². The number of amides is 7. The van der Waals surface area contributed by atoms with Crippen LogP contribution in [0.3, 0.4) is 0 Å². The first-order valence-corrected chi connectivity index (χ1v) is 24.7. The number of carboxylic acids is 2. The summed E-state index contributed by atoms with van der Waals surface area (Å²) in [7, 11) is -4.43. The summed E-state index contributed by atoms with van der Waals surface area (Å²) in [5, 5.41) is 60.5. The topological polar surface area (TPSA) is 423 Å². The molecule has 0 aliphatic heterocycles. The number of hydrogen-bond acceptors (Lipinski definition) is 16. The third kappa shape index (κ3) is 22.5. The number of nitrogens with two attached hydrogens (primary N) is 1. The van der Waals surface area contributed by atoms with Crippen molar-refractivity contribution in [3.63, 3.8) is 0 Å². The summed E-state index contributed by atoms with van der Waals surface area (Å²) in [4.78, 5) is 115. The van der Waals surface area contributed by atoms with E-state index < -0.39 is 144 Å². The maximum atomic E-state index is 13.4. The summed E-state index contributed by atoms with van der Waals surface area (Å²) >= 11 is 6.59. The summed E-state index contributed by atoms with van der Waals surface area (Å²) in [6, 6.07) is -6.56. The molecule has 16 N–H and O–H groups in total. The lowest BCUT2D eigenvalue weighted by Gasteiger charge is -2.27. The summed E-state index contributed by atoms with van der Waals surface area (Å²) < 4.78 is 31.8. The number of benzene rings is 1. The van der Waals surface area contributed by atoms with Crippen LogP contribution >= 0.6 is 24.0 Å². The Bertz CT molecular complexity index is 2070. The number of carbonyl (C=O) groups is 9. The van der Waals surface area contributed by atoms with Gasteiger partial charge >= 0.3 is 11.9 Å². The Morgan fingerprint density at radius 3 is 1.51 bits per heavy atom. The van der Waals surface area contributed by atoms with Crippen LogP contribution in [0.15, 0.2) is 29.2 Å². The van der Waals surface area contributed by atoms with Gasteiger partial charge in [0.05, 0.1) is 18.1 Å². The van der Waals surface area contributed by atoms with Gasteiger partial charge in [0, 0.05) is 12.1 Å². The van der Waals surface area contributed by atoms with E-state index in [0.717, 1.165) is 12.1 Å². The van der Waals surface area contributed by atoms with Crippen LogP contribution in [0, 0.1) is 5.92 Å². The van der Waals surface area contributed by atoms with Gasteiger partial charge in [0.2, 0.25) is 41.4 Å². The molecule has 0 fully saturated rings. The van der Waals surface area contributed by atoms with Crippen molar-refractivity contribution in [3.05, 3.63) is 24.3 Å². The van der Waals surface area contributed by atoms with Crippen LogP contribution in [0.5, 0.6) is 0 Å². The third-order valence-electron chi connectivity index (χ3n) is 9.87. The fourth-order valence-electron chi connectivity index (χ4n) is 5.89. The Morgan fingerprint density at radius 2 is 1.07 bits per heavy atom. The second kappa shape index (κ2) is 30.7. The zero-order valence-electron chi connectivity index (χ0n) is 38.6. The first-order valence-electron chi connectivity index (χ1n) is 21.4. The van der Waals surface area contributed by atoms with E-state index in [1.165, 1.54) is 37.7 Å². The van der Waals surface area contributed by atoms with Crippen molar-refractivity contribution in [2.24, 2.45) is 11.7 Å². The van der Waals surface area contributed by atoms with E-state index >= 15 is 0 Å². The average Bonchev–Trinajstić information content (AvgIpc) is 3.27. The van der Waals surface area contributed by atoms with Gasteiger partial charge in [-0.05, 0) is 107 Å². The molecular weight excluding hydrogens is 979 g/mol. The number of aliphatic hydroxyl groups is 2. The fourth-order valence-corrected chi connectivity index (χ4v) is 7.09. The van der Waals surface area contributed by atoms with Gasteiger partial charge in [-0.15, -0.1) is 0 Å². The molecule has 0 aromatic heterocycles.